The van der Waals surface area contributed by atoms with E-state index in [1.54, 1.807) is 12.4 Å². The number of para-hydroxylation sites is 6. The molecule has 0 saturated heterocycles. The molecule has 5 heterocycles. The van der Waals surface area contributed by atoms with E-state index in [0.29, 0.717) is 0 Å². The first kappa shape index (κ1) is 39.5. The Labute approximate surface area is 402 Å². The third-order valence-electron chi connectivity index (χ3n) is 13.6. The van der Waals surface area contributed by atoms with Gasteiger partial charge in [0.1, 0.15) is 0 Å². The van der Waals surface area contributed by atoms with Crippen LogP contribution in [-0.2, 0) is 0 Å². The first-order valence-corrected chi connectivity index (χ1v) is 23.4. The van der Waals surface area contributed by atoms with E-state index in [9.17, 15) is 0 Å². The maximum atomic E-state index is 5.25. The largest absolute Gasteiger partial charge is 0.310 e. The normalized spacial score (nSPS) is 11.7. The number of fused-ring (bicyclic) bond motifs is 12. The predicted octanol–water partition coefficient (Wildman–Crippen LogP) is 15.9. The minimum atomic E-state index is 0.775. The zero-order valence-electron chi connectivity index (χ0n) is 37.7. The summed E-state index contributed by atoms with van der Waals surface area (Å²) in [7, 11) is 0. The molecule has 0 amide bonds. The van der Waals surface area contributed by atoms with Gasteiger partial charge in [-0.2, -0.15) is 0 Å². The van der Waals surface area contributed by atoms with Crippen LogP contribution >= 0.6 is 0 Å². The molecule has 14 rings (SSSR count). The molecule has 0 aliphatic rings. The molecule has 0 atom stereocenters. The van der Waals surface area contributed by atoms with Crippen LogP contribution in [0.3, 0.4) is 0 Å². The van der Waals surface area contributed by atoms with Crippen molar-refractivity contribution < 1.29 is 0 Å². The number of rotatable bonds is 8. The Kier molecular flexibility index (Phi) is 9.03. The van der Waals surface area contributed by atoms with Gasteiger partial charge in [0.2, 0.25) is 0 Å². The first-order valence-electron chi connectivity index (χ1n) is 23.4. The van der Waals surface area contributed by atoms with Crippen LogP contribution in [0.5, 0.6) is 0 Å². The van der Waals surface area contributed by atoms with Gasteiger partial charge in [0.25, 0.3) is 0 Å². The van der Waals surface area contributed by atoms with Crippen molar-refractivity contribution in [2.75, 3.05) is 9.80 Å². The molecular formula is C62H40N8. The van der Waals surface area contributed by atoms with Crippen LogP contribution in [0.4, 0.5) is 34.1 Å². The molecule has 328 valence electrons. The molecule has 8 heteroatoms. The molecule has 0 unspecified atom stereocenters. The SMILES string of the molecule is c1ccc(N(c2ccccc2)c2ccc3c(c2)c2ccccc2n3-c2cnc3c(c2)c2nccnc2c2cc(-n4c5ccccc5c5cc(N(c6ccccc6)c6ccccc6)ccc54)cnc23)cc1. The number of pyridine rings is 2. The van der Waals surface area contributed by atoms with E-state index < -0.39 is 0 Å². The second-order valence-electron chi connectivity index (χ2n) is 17.6. The third kappa shape index (κ3) is 6.24. The summed E-state index contributed by atoms with van der Waals surface area (Å²) in [6.45, 7) is 0. The van der Waals surface area contributed by atoms with E-state index in [2.05, 4.69) is 237 Å². The van der Waals surface area contributed by atoms with E-state index in [1.807, 2.05) is 12.4 Å². The van der Waals surface area contributed by atoms with Crippen LogP contribution in [-0.4, -0.2) is 29.1 Å². The van der Waals surface area contributed by atoms with Crippen LogP contribution < -0.4 is 9.80 Å². The van der Waals surface area contributed by atoms with Gasteiger partial charge in [0.05, 0.1) is 67.9 Å². The smallest absolute Gasteiger partial charge is 0.0989 e. The Morgan fingerprint density at radius 2 is 0.586 bits per heavy atom. The summed E-state index contributed by atoms with van der Waals surface area (Å²) in [5.74, 6) is 0. The van der Waals surface area contributed by atoms with Crippen molar-refractivity contribution in [2.24, 2.45) is 0 Å². The van der Waals surface area contributed by atoms with E-state index in [1.165, 1.54) is 0 Å². The zero-order chi connectivity index (χ0) is 46.1. The highest BCUT2D eigenvalue weighted by Crippen LogP contribution is 2.43. The topological polar surface area (TPSA) is 67.9 Å². The first-order chi connectivity index (χ1) is 34.7. The fraction of sp³-hybridized carbons (Fsp3) is 0. The van der Waals surface area contributed by atoms with Crippen LogP contribution in [0.15, 0.2) is 243 Å². The van der Waals surface area contributed by atoms with Gasteiger partial charge in [-0.15, -0.1) is 0 Å². The molecule has 0 aliphatic heterocycles. The molecule has 5 aromatic heterocycles. The minimum Gasteiger partial charge on any atom is -0.310 e. The summed E-state index contributed by atoms with van der Waals surface area (Å²) >= 11 is 0. The Bertz CT molecular complexity index is 3920. The number of hydrogen-bond acceptors (Lipinski definition) is 6. The van der Waals surface area contributed by atoms with Crippen molar-refractivity contribution in [1.82, 2.24) is 29.1 Å². The quantitative estimate of drug-likeness (QED) is 0.142. The van der Waals surface area contributed by atoms with Gasteiger partial charge >= 0.3 is 0 Å². The molecular weight excluding hydrogens is 857 g/mol. The predicted molar refractivity (Wildman–Crippen MR) is 288 cm³/mol. The summed E-state index contributed by atoms with van der Waals surface area (Å²) in [4.78, 5) is 25.1. The number of nitrogens with zero attached hydrogens (tertiary/aromatic N) is 8. The lowest BCUT2D eigenvalue weighted by Crippen LogP contribution is -2.09. The van der Waals surface area contributed by atoms with Gasteiger partial charge in [0.15, 0.2) is 0 Å². The summed E-state index contributed by atoms with van der Waals surface area (Å²) in [5.41, 5.74) is 15.8. The summed E-state index contributed by atoms with van der Waals surface area (Å²) < 4.78 is 4.62. The van der Waals surface area contributed by atoms with Crippen LogP contribution in [0.25, 0.3) is 87.8 Å². The molecule has 0 fully saturated rings. The monoisotopic (exact) mass is 896 g/mol. The summed E-state index contributed by atoms with van der Waals surface area (Å²) in [6, 6.07) is 77.2. The van der Waals surface area contributed by atoms with Gasteiger partial charge in [-0.05, 0) is 109 Å². The second-order valence-corrected chi connectivity index (χ2v) is 17.6. The lowest BCUT2D eigenvalue weighted by molar-refractivity contribution is 1.15. The highest BCUT2D eigenvalue weighted by Gasteiger charge is 2.22. The van der Waals surface area contributed by atoms with E-state index >= 15 is 0 Å². The third-order valence-corrected chi connectivity index (χ3v) is 13.6. The molecule has 8 nitrogen and oxygen atoms in total. The molecule has 0 spiro atoms. The second kappa shape index (κ2) is 16.0. The average molecular weight is 897 g/mol. The molecule has 0 saturated carbocycles. The fourth-order valence-electron chi connectivity index (χ4n) is 10.6. The number of benzene rings is 9. The molecule has 0 bridgehead atoms. The molecule has 70 heavy (non-hydrogen) atoms. The van der Waals surface area contributed by atoms with Gasteiger partial charge in [0, 0.05) is 78.8 Å². The van der Waals surface area contributed by atoms with Gasteiger partial charge < -0.3 is 18.9 Å². The highest BCUT2D eigenvalue weighted by atomic mass is 15.1. The maximum Gasteiger partial charge on any atom is 0.0989 e. The van der Waals surface area contributed by atoms with E-state index in [0.717, 1.165) is 122 Å². The summed E-state index contributed by atoms with van der Waals surface area (Å²) in [5, 5.41) is 6.39. The molecule has 14 aromatic rings. The summed E-state index contributed by atoms with van der Waals surface area (Å²) in [6.07, 6.45) is 7.48. The zero-order valence-corrected chi connectivity index (χ0v) is 37.7. The van der Waals surface area contributed by atoms with Crippen molar-refractivity contribution in [1.29, 1.82) is 0 Å². The Hall–Kier alpha value is -9.66. The van der Waals surface area contributed by atoms with Crippen LogP contribution in [0.1, 0.15) is 0 Å². The molecule has 9 aromatic carbocycles. The van der Waals surface area contributed by atoms with Gasteiger partial charge in [-0.25, -0.2) is 0 Å². The lowest BCUT2D eigenvalue weighted by atomic mass is 10.1. The van der Waals surface area contributed by atoms with Crippen molar-refractivity contribution in [3.05, 3.63) is 243 Å². The standard InChI is InChI=1S/C62H40N8/c1-5-17-41(18-6-1)67(42-19-7-2-8-20-42)45-29-31-57-51(35-45)49-25-13-15-27-55(49)69(57)47-37-53-59-60(64-34-33-63-59)54-38-48(40-66-62(54)61(53)65-39-47)70-56-28-16-14-26-50(56)52-36-46(30-32-58(52)70)68(43-21-9-3-10-22-43)44-23-11-4-12-24-44/h1-40H. The van der Waals surface area contributed by atoms with Crippen LogP contribution in [0, 0.1) is 0 Å². The van der Waals surface area contributed by atoms with Crippen molar-refractivity contribution >= 4 is 111 Å². The Morgan fingerprint density at radius 1 is 0.257 bits per heavy atom. The van der Waals surface area contributed by atoms with E-state index in [4.69, 9.17) is 19.9 Å². The Balaban J connectivity index is 0.920. The average Bonchev–Trinajstić information content (AvgIpc) is 3.94. The number of hydrogen-bond donors (Lipinski definition) is 0. The highest BCUT2D eigenvalue weighted by molar-refractivity contribution is 6.21. The van der Waals surface area contributed by atoms with E-state index in [-0.39, 0.29) is 0 Å². The molecule has 0 N–H and O–H groups in total. The van der Waals surface area contributed by atoms with Gasteiger partial charge in [-0.1, -0.05) is 109 Å². The molecule has 0 radical (unpaired) electrons. The van der Waals surface area contributed by atoms with Crippen molar-refractivity contribution in [2.45, 2.75) is 0 Å². The van der Waals surface area contributed by atoms with Crippen molar-refractivity contribution in [3.63, 3.8) is 0 Å². The number of aromatic nitrogens is 6. The van der Waals surface area contributed by atoms with Crippen LogP contribution in [0.2, 0.25) is 0 Å². The Morgan fingerprint density at radius 3 is 0.971 bits per heavy atom. The maximum absolute atomic E-state index is 5.25. The fourth-order valence-corrected chi connectivity index (χ4v) is 10.6. The van der Waals surface area contributed by atoms with Gasteiger partial charge in [-0.3, -0.25) is 19.9 Å². The number of anilines is 6. The minimum absolute atomic E-state index is 0.775. The van der Waals surface area contributed by atoms with Crippen molar-refractivity contribution in [3.8, 4) is 11.4 Å². The molecule has 0 aliphatic carbocycles. The lowest BCUT2D eigenvalue weighted by Gasteiger charge is -2.25.